The molecular formula is C37H42O2. The maximum absolute atomic E-state index is 7.16. The molecule has 2 nitrogen and oxygen atoms in total. The highest BCUT2D eigenvalue weighted by Gasteiger charge is 2.60. The average Bonchev–Trinajstić information content (AvgIpc) is 3.32. The number of hydrogen-bond acceptors (Lipinski definition) is 2. The number of ether oxygens (including phenoxy) is 2. The first-order valence-electron chi connectivity index (χ1n) is 14.6. The largest absolute Gasteiger partial charge is 0.343 e. The van der Waals surface area contributed by atoms with Crippen LogP contribution in [0.3, 0.4) is 0 Å². The Hall–Kier alpha value is -3.20. The van der Waals surface area contributed by atoms with Gasteiger partial charge < -0.3 is 9.47 Å². The minimum atomic E-state index is -0.736. The monoisotopic (exact) mass is 518 g/mol. The molecule has 0 unspecified atom stereocenters. The van der Waals surface area contributed by atoms with Crippen LogP contribution in [0.2, 0.25) is 0 Å². The molecule has 2 heteroatoms. The van der Waals surface area contributed by atoms with Crippen LogP contribution in [0.4, 0.5) is 0 Å². The van der Waals surface area contributed by atoms with Crippen LogP contribution in [0, 0.1) is 0 Å². The Kier molecular flexibility index (Phi) is 8.07. The minimum Gasteiger partial charge on any atom is -0.343 e. The van der Waals surface area contributed by atoms with Crippen molar-refractivity contribution in [1.29, 1.82) is 0 Å². The summed E-state index contributed by atoms with van der Waals surface area (Å²) in [6.07, 6.45) is 3.51. The lowest BCUT2D eigenvalue weighted by molar-refractivity contribution is -0.155. The van der Waals surface area contributed by atoms with Crippen LogP contribution >= 0.6 is 0 Å². The van der Waals surface area contributed by atoms with Gasteiger partial charge in [0, 0.05) is 10.8 Å². The molecule has 1 aliphatic heterocycles. The van der Waals surface area contributed by atoms with Crippen molar-refractivity contribution in [1.82, 2.24) is 0 Å². The second-order valence-electron chi connectivity index (χ2n) is 11.4. The van der Waals surface area contributed by atoms with Gasteiger partial charge in [0.15, 0.2) is 5.79 Å². The second-order valence-corrected chi connectivity index (χ2v) is 11.4. The Morgan fingerprint density at radius 2 is 0.744 bits per heavy atom. The molecule has 5 rings (SSSR count). The van der Waals surface area contributed by atoms with Crippen LogP contribution in [-0.4, -0.2) is 18.0 Å². The Morgan fingerprint density at radius 3 is 0.974 bits per heavy atom. The van der Waals surface area contributed by atoms with Gasteiger partial charge in [0.2, 0.25) is 0 Å². The summed E-state index contributed by atoms with van der Waals surface area (Å²) in [6, 6.07) is 43.9. The van der Waals surface area contributed by atoms with E-state index in [4.69, 9.17) is 9.47 Å². The molecule has 4 aromatic rings. The molecule has 0 radical (unpaired) electrons. The van der Waals surface area contributed by atoms with E-state index in [-0.39, 0.29) is 12.2 Å². The van der Waals surface area contributed by atoms with E-state index in [0.29, 0.717) is 0 Å². The predicted molar refractivity (Wildman–Crippen MR) is 161 cm³/mol. The van der Waals surface area contributed by atoms with E-state index in [9.17, 15) is 0 Å². The molecule has 0 spiro atoms. The van der Waals surface area contributed by atoms with Gasteiger partial charge in [-0.05, 0) is 48.9 Å². The van der Waals surface area contributed by atoms with Gasteiger partial charge >= 0.3 is 0 Å². The standard InChI is InChI=1S/C37H42O2/c1-5-27-36(29-19-11-7-12-20-29,30-21-13-8-14-22-30)33-34(39-35(3,4)38-33)37(28-6-2,31-23-15-9-16-24-31)32-25-17-10-18-26-32/h7-26,33-34H,5-6,27-28H2,1-4H3/t33-,34-/m1/s1. The van der Waals surface area contributed by atoms with Crippen molar-refractivity contribution in [2.75, 3.05) is 0 Å². The van der Waals surface area contributed by atoms with E-state index in [1.807, 2.05) is 0 Å². The van der Waals surface area contributed by atoms with Crippen molar-refractivity contribution in [2.45, 2.75) is 82.2 Å². The predicted octanol–water partition coefficient (Wildman–Crippen LogP) is 9.08. The highest BCUT2D eigenvalue weighted by Crippen LogP contribution is 2.55. The van der Waals surface area contributed by atoms with Crippen LogP contribution < -0.4 is 0 Å². The quantitative estimate of drug-likeness (QED) is 0.208. The number of hydrogen-bond donors (Lipinski definition) is 0. The zero-order valence-corrected chi connectivity index (χ0v) is 23.8. The van der Waals surface area contributed by atoms with E-state index in [1.165, 1.54) is 22.3 Å². The van der Waals surface area contributed by atoms with Crippen LogP contribution in [0.25, 0.3) is 0 Å². The van der Waals surface area contributed by atoms with Gasteiger partial charge in [-0.3, -0.25) is 0 Å². The van der Waals surface area contributed by atoms with Crippen LogP contribution in [0.1, 0.15) is 75.6 Å². The molecule has 4 aromatic carbocycles. The Morgan fingerprint density at radius 1 is 0.487 bits per heavy atom. The fourth-order valence-corrected chi connectivity index (χ4v) is 7.06. The third-order valence-electron chi connectivity index (χ3n) is 8.51. The van der Waals surface area contributed by atoms with E-state index >= 15 is 0 Å². The highest BCUT2D eigenvalue weighted by atomic mass is 16.8. The molecule has 0 bridgehead atoms. The fourth-order valence-electron chi connectivity index (χ4n) is 7.06. The van der Waals surface area contributed by atoms with Gasteiger partial charge in [-0.25, -0.2) is 0 Å². The van der Waals surface area contributed by atoms with Crippen molar-refractivity contribution in [3.8, 4) is 0 Å². The highest BCUT2D eigenvalue weighted by molar-refractivity contribution is 5.47. The number of rotatable bonds is 10. The molecule has 202 valence electrons. The maximum Gasteiger partial charge on any atom is 0.163 e. The maximum atomic E-state index is 7.16. The van der Waals surface area contributed by atoms with Gasteiger partial charge in [0.05, 0.1) is 0 Å². The average molecular weight is 519 g/mol. The smallest absolute Gasteiger partial charge is 0.163 e. The van der Waals surface area contributed by atoms with Gasteiger partial charge in [0.1, 0.15) is 12.2 Å². The summed E-state index contributed by atoms with van der Waals surface area (Å²) in [5, 5.41) is 0. The van der Waals surface area contributed by atoms with Gasteiger partial charge in [-0.2, -0.15) is 0 Å². The van der Waals surface area contributed by atoms with Gasteiger partial charge in [-0.15, -0.1) is 0 Å². The number of benzene rings is 4. The van der Waals surface area contributed by atoms with Gasteiger partial charge in [-0.1, -0.05) is 148 Å². The zero-order valence-electron chi connectivity index (χ0n) is 23.8. The Bertz CT molecular complexity index is 1120. The minimum absolute atomic E-state index is 0.218. The lowest BCUT2D eigenvalue weighted by atomic mass is 9.59. The molecule has 0 aromatic heterocycles. The summed E-state index contributed by atoms with van der Waals surface area (Å²) < 4.78 is 14.3. The molecule has 1 aliphatic rings. The van der Waals surface area contributed by atoms with Crippen molar-refractivity contribution < 1.29 is 9.47 Å². The Balaban J connectivity index is 1.84. The molecule has 2 atom stereocenters. The molecular weight excluding hydrogens is 476 g/mol. The topological polar surface area (TPSA) is 18.5 Å². The molecule has 39 heavy (non-hydrogen) atoms. The van der Waals surface area contributed by atoms with Crippen LogP contribution in [-0.2, 0) is 20.3 Å². The molecule has 0 saturated carbocycles. The summed E-state index contributed by atoms with van der Waals surface area (Å²) in [7, 11) is 0. The van der Waals surface area contributed by atoms with E-state index in [2.05, 4.69) is 149 Å². The van der Waals surface area contributed by atoms with Gasteiger partial charge in [0.25, 0.3) is 0 Å². The summed E-state index contributed by atoms with van der Waals surface area (Å²) in [4.78, 5) is 0. The first-order valence-corrected chi connectivity index (χ1v) is 14.6. The van der Waals surface area contributed by atoms with Crippen molar-refractivity contribution in [2.24, 2.45) is 0 Å². The normalized spacial score (nSPS) is 19.2. The summed E-state index contributed by atoms with van der Waals surface area (Å²) in [6.45, 7) is 8.73. The van der Waals surface area contributed by atoms with E-state index in [0.717, 1.165) is 25.7 Å². The van der Waals surface area contributed by atoms with E-state index in [1.54, 1.807) is 0 Å². The van der Waals surface area contributed by atoms with Crippen molar-refractivity contribution >= 4 is 0 Å². The first-order chi connectivity index (χ1) is 19.0. The zero-order chi connectivity index (χ0) is 27.3. The summed E-state index contributed by atoms with van der Waals surface area (Å²) >= 11 is 0. The SMILES string of the molecule is CCCC(c1ccccc1)(c1ccccc1)[C@@H]1OC(C)(C)O[C@H]1C(CCC)(c1ccccc1)c1ccccc1. The third kappa shape index (κ3) is 4.97. The van der Waals surface area contributed by atoms with Crippen molar-refractivity contribution in [3.05, 3.63) is 144 Å². The van der Waals surface area contributed by atoms with Crippen LogP contribution in [0.15, 0.2) is 121 Å². The fraction of sp³-hybridized carbons (Fsp3) is 0.351. The molecule has 0 N–H and O–H groups in total. The third-order valence-corrected chi connectivity index (χ3v) is 8.51. The van der Waals surface area contributed by atoms with Crippen LogP contribution in [0.5, 0.6) is 0 Å². The molecule has 1 heterocycles. The summed E-state index contributed by atoms with van der Waals surface area (Å²) in [5.41, 5.74) is 4.33. The molecule has 1 saturated heterocycles. The summed E-state index contributed by atoms with van der Waals surface area (Å²) in [5.74, 6) is -0.736. The molecule has 0 aliphatic carbocycles. The van der Waals surface area contributed by atoms with Crippen molar-refractivity contribution in [3.63, 3.8) is 0 Å². The van der Waals surface area contributed by atoms with E-state index < -0.39 is 16.6 Å². The molecule has 0 amide bonds. The lowest BCUT2D eigenvalue weighted by Crippen LogP contribution is -2.54. The second kappa shape index (κ2) is 11.5. The Labute approximate surface area is 235 Å². The lowest BCUT2D eigenvalue weighted by Gasteiger charge is -2.48. The first kappa shape index (κ1) is 27.4. The molecule has 1 fully saturated rings.